The summed E-state index contributed by atoms with van der Waals surface area (Å²) in [6.07, 6.45) is -5.37. The van der Waals surface area contributed by atoms with E-state index in [1.807, 2.05) is 0 Å². The van der Waals surface area contributed by atoms with E-state index in [0.717, 1.165) is 5.39 Å². The Morgan fingerprint density at radius 2 is 1.61 bits per heavy atom. The molecule has 0 bridgehead atoms. The summed E-state index contributed by atoms with van der Waals surface area (Å²) in [5.41, 5.74) is 10.6. The molecule has 3 aromatic rings. The Hall–Kier alpha value is -4.57. The van der Waals surface area contributed by atoms with Gasteiger partial charge in [0.05, 0.1) is 11.5 Å². The first-order valence-corrected chi connectivity index (χ1v) is 13.3. The lowest BCUT2D eigenvalue weighted by molar-refractivity contribution is -0.286. The molecular formula is C25H25F3N4O8S. The number of sulfonamides is 1. The van der Waals surface area contributed by atoms with Gasteiger partial charge in [-0.3, -0.25) is 0 Å². The van der Waals surface area contributed by atoms with E-state index in [2.05, 4.69) is 19.7 Å². The molecular weight excluding hydrogens is 573 g/mol. The number of carbonyl (C=O) groups is 2. The molecule has 0 unspecified atom stereocenters. The number of ether oxygens (including phenoxy) is 1. The van der Waals surface area contributed by atoms with Crippen molar-refractivity contribution in [2.45, 2.75) is 30.0 Å². The number of rotatable bonds is 12. The second kappa shape index (κ2) is 13.7. The monoisotopic (exact) mass is 598 g/mol. The summed E-state index contributed by atoms with van der Waals surface area (Å²) < 4.78 is 71.3. The fourth-order valence-corrected chi connectivity index (χ4v) is 4.56. The van der Waals surface area contributed by atoms with Gasteiger partial charge in [0.2, 0.25) is 16.0 Å². The number of nitrogens with one attached hydrogen (secondary N) is 1. The second-order valence-corrected chi connectivity index (χ2v) is 10.1. The van der Waals surface area contributed by atoms with Crippen molar-refractivity contribution in [1.29, 1.82) is 0 Å². The molecule has 3 aromatic carbocycles. The van der Waals surface area contributed by atoms with Crippen LogP contribution in [0.5, 0.6) is 5.75 Å². The van der Waals surface area contributed by atoms with E-state index in [4.69, 9.17) is 21.0 Å². The van der Waals surface area contributed by atoms with Gasteiger partial charge in [-0.15, -0.1) is 0 Å². The van der Waals surface area contributed by atoms with Crippen molar-refractivity contribution in [2.75, 3.05) is 13.2 Å². The Kier molecular flexibility index (Phi) is 10.3. The van der Waals surface area contributed by atoms with Gasteiger partial charge in [0.25, 0.3) is 0 Å². The van der Waals surface area contributed by atoms with Crippen molar-refractivity contribution >= 4 is 38.7 Å². The minimum Gasteiger partial charge on any atom is -0.493 e. The van der Waals surface area contributed by atoms with E-state index in [9.17, 15) is 31.2 Å². The molecule has 16 heteroatoms. The smallest absolute Gasteiger partial charge is 0.493 e. The number of oxime groups is 1. The first-order valence-electron chi connectivity index (χ1n) is 11.8. The van der Waals surface area contributed by atoms with Crippen LogP contribution in [0, 0.1) is 0 Å². The van der Waals surface area contributed by atoms with Gasteiger partial charge in [0.1, 0.15) is 18.4 Å². The summed E-state index contributed by atoms with van der Waals surface area (Å²) in [4.78, 5) is 35.8. The van der Waals surface area contributed by atoms with Gasteiger partial charge in [-0.1, -0.05) is 42.5 Å². The minimum absolute atomic E-state index is 0.191. The number of fused-ring (bicyclic) bond motifs is 1. The SMILES string of the molecule is NC(N)=NOCCCOc1ccc(C[C@H](NS(=O)(=O)c2ccc3ccccc3c2)C(=O)OOC(=O)C(F)(F)F)cc1. The summed E-state index contributed by atoms with van der Waals surface area (Å²) in [6, 6.07) is 15.4. The molecule has 0 radical (unpaired) electrons. The highest BCUT2D eigenvalue weighted by atomic mass is 32.2. The molecule has 0 spiro atoms. The molecule has 5 N–H and O–H groups in total. The molecule has 12 nitrogen and oxygen atoms in total. The highest BCUT2D eigenvalue weighted by molar-refractivity contribution is 7.89. The van der Waals surface area contributed by atoms with Gasteiger partial charge in [-0.05, 0) is 52.2 Å². The molecule has 0 aromatic heterocycles. The van der Waals surface area contributed by atoms with Crippen molar-refractivity contribution in [3.8, 4) is 5.75 Å². The molecule has 0 fully saturated rings. The zero-order chi connectivity index (χ0) is 30.0. The van der Waals surface area contributed by atoms with E-state index in [1.54, 1.807) is 30.3 Å². The van der Waals surface area contributed by atoms with E-state index < -0.39 is 34.2 Å². The first kappa shape index (κ1) is 31.0. The maximum absolute atomic E-state index is 13.1. The highest BCUT2D eigenvalue weighted by Crippen LogP contribution is 2.21. The molecule has 0 aliphatic heterocycles. The van der Waals surface area contributed by atoms with Crippen LogP contribution in [0.15, 0.2) is 76.8 Å². The molecule has 0 heterocycles. The number of hydrogen-bond donors (Lipinski definition) is 3. The Bertz CT molecular complexity index is 1490. The average molecular weight is 599 g/mol. The predicted molar refractivity (Wildman–Crippen MR) is 138 cm³/mol. The number of nitrogens with zero attached hydrogens (tertiary/aromatic N) is 1. The lowest BCUT2D eigenvalue weighted by atomic mass is 10.1. The zero-order valence-corrected chi connectivity index (χ0v) is 22.0. The van der Waals surface area contributed by atoms with Crippen molar-refractivity contribution in [2.24, 2.45) is 16.6 Å². The molecule has 0 aliphatic rings. The quantitative estimate of drug-likeness (QED) is 0.0920. The van der Waals surface area contributed by atoms with Crippen molar-refractivity contribution < 1.29 is 50.5 Å². The number of carbonyl (C=O) groups excluding carboxylic acids is 2. The lowest BCUT2D eigenvalue weighted by Crippen LogP contribution is -2.44. The Labute approximate surface area is 231 Å². The van der Waals surface area contributed by atoms with Crippen molar-refractivity contribution in [3.63, 3.8) is 0 Å². The molecule has 0 amide bonds. The predicted octanol–water partition coefficient (Wildman–Crippen LogP) is 2.27. The Morgan fingerprint density at radius 3 is 2.27 bits per heavy atom. The van der Waals surface area contributed by atoms with Crippen LogP contribution in [0.4, 0.5) is 13.2 Å². The first-order chi connectivity index (χ1) is 19.3. The fourth-order valence-electron chi connectivity index (χ4n) is 3.34. The fraction of sp³-hybridized carbons (Fsp3) is 0.240. The standard InChI is InChI=1S/C25H25F3N4O8S/c26-25(27,28)23(34)40-39-22(33)21(32-41(35,36)20-11-8-17-4-1-2-5-18(17)15-20)14-16-6-9-19(10-7-16)37-12-3-13-38-31-24(29)30/h1-2,4-11,15,21,32H,3,12-14H2,(H4,29,30,31)/t21-/m0/s1. The lowest BCUT2D eigenvalue weighted by Gasteiger charge is -2.17. The molecule has 41 heavy (non-hydrogen) atoms. The van der Waals surface area contributed by atoms with Gasteiger partial charge in [-0.2, -0.15) is 17.9 Å². The number of guanidine groups is 1. The molecule has 0 saturated heterocycles. The van der Waals surface area contributed by atoms with Crippen molar-refractivity contribution in [3.05, 3.63) is 72.3 Å². The van der Waals surface area contributed by atoms with Gasteiger partial charge in [0.15, 0.2) is 0 Å². The maximum atomic E-state index is 13.1. The van der Waals surface area contributed by atoms with Gasteiger partial charge >= 0.3 is 18.1 Å². The average Bonchev–Trinajstić information content (AvgIpc) is 2.92. The third-order valence-electron chi connectivity index (χ3n) is 5.23. The van der Waals surface area contributed by atoms with Gasteiger partial charge < -0.3 is 21.0 Å². The summed E-state index contributed by atoms with van der Waals surface area (Å²) >= 11 is 0. The zero-order valence-electron chi connectivity index (χ0n) is 21.2. The highest BCUT2D eigenvalue weighted by Gasteiger charge is 2.43. The van der Waals surface area contributed by atoms with E-state index in [0.29, 0.717) is 23.1 Å². The van der Waals surface area contributed by atoms with Crippen molar-refractivity contribution in [1.82, 2.24) is 4.72 Å². The summed E-state index contributed by atoms with van der Waals surface area (Å²) in [6.45, 7) is 0.431. The Balaban J connectivity index is 1.72. The van der Waals surface area contributed by atoms with Crippen LogP contribution in [0.25, 0.3) is 10.8 Å². The number of benzene rings is 3. The number of nitrogens with two attached hydrogens (primary N) is 2. The molecule has 1 atom stereocenters. The van der Waals surface area contributed by atoms with Crippen LogP contribution >= 0.6 is 0 Å². The van der Waals surface area contributed by atoms with Crippen LogP contribution in [0.2, 0.25) is 0 Å². The third-order valence-corrected chi connectivity index (χ3v) is 6.70. The topological polar surface area (TPSA) is 182 Å². The van der Waals surface area contributed by atoms with Crippen LogP contribution in [-0.2, 0) is 40.6 Å². The van der Waals surface area contributed by atoms with Gasteiger partial charge in [0, 0.05) is 6.42 Å². The van der Waals surface area contributed by atoms with Crippen LogP contribution in [-0.4, -0.2) is 51.7 Å². The second-order valence-electron chi connectivity index (χ2n) is 8.35. The summed E-state index contributed by atoms with van der Waals surface area (Å²) in [5, 5.41) is 4.71. The van der Waals surface area contributed by atoms with Crippen LogP contribution in [0.1, 0.15) is 12.0 Å². The van der Waals surface area contributed by atoms with Gasteiger partial charge in [-0.25, -0.2) is 27.8 Å². The maximum Gasteiger partial charge on any atom is 0.495 e. The van der Waals surface area contributed by atoms with E-state index >= 15 is 0 Å². The number of hydrogen-bond acceptors (Lipinski definition) is 9. The molecule has 220 valence electrons. The minimum atomic E-state index is -5.44. The van der Waals surface area contributed by atoms with E-state index in [1.165, 1.54) is 36.4 Å². The number of alkyl halides is 3. The Morgan fingerprint density at radius 1 is 0.927 bits per heavy atom. The molecule has 3 rings (SSSR count). The number of halogens is 3. The molecule has 0 aliphatic carbocycles. The summed E-state index contributed by atoms with van der Waals surface area (Å²) in [7, 11) is -4.39. The third kappa shape index (κ3) is 9.54. The summed E-state index contributed by atoms with van der Waals surface area (Å²) in [5.74, 6) is -4.16. The normalized spacial score (nSPS) is 12.3. The molecule has 0 saturated carbocycles. The largest absolute Gasteiger partial charge is 0.495 e. The van der Waals surface area contributed by atoms with Crippen LogP contribution < -0.4 is 20.9 Å². The van der Waals surface area contributed by atoms with Crippen LogP contribution in [0.3, 0.4) is 0 Å². The van der Waals surface area contributed by atoms with E-state index in [-0.39, 0.29) is 30.5 Å².